The zero-order valence-corrected chi connectivity index (χ0v) is 32.1. The minimum absolute atomic E-state index is 0.292. The summed E-state index contributed by atoms with van der Waals surface area (Å²) in [5, 5.41) is 5.03. The Kier molecular flexibility index (Phi) is 7.09. The van der Waals surface area contributed by atoms with Gasteiger partial charge in [-0.2, -0.15) is 0 Å². The van der Waals surface area contributed by atoms with Crippen LogP contribution in [0.4, 0.5) is 0 Å². The van der Waals surface area contributed by atoms with E-state index >= 15 is 0 Å². The molecule has 12 rings (SSSR count). The van der Waals surface area contributed by atoms with E-state index in [0.29, 0.717) is 0 Å². The number of fused-ring (bicyclic) bond motifs is 9. The second-order valence-corrected chi connectivity index (χ2v) is 15.9. The minimum Gasteiger partial charge on any atom is -0.309 e. The molecule has 0 N–H and O–H groups in total. The highest BCUT2D eigenvalue weighted by Gasteiger charge is 2.41. The summed E-state index contributed by atoms with van der Waals surface area (Å²) >= 11 is 0. The number of hydrogen-bond acceptors (Lipinski definition) is 0. The van der Waals surface area contributed by atoms with Gasteiger partial charge in [0, 0.05) is 38.3 Å². The quantitative estimate of drug-likeness (QED) is 0.166. The molecule has 0 radical (unpaired) electrons. The van der Waals surface area contributed by atoms with Crippen LogP contribution in [0.1, 0.15) is 23.6 Å². The van der Waals surface area contributed by atoms with E-state index in [1.54, 1.807) is 0 Å². The summed E-state index contributed by atoms with van der Waals surface area (Å²) in [7, 11) is 0. The molecular weight excluding hydrogens is 701 g/mol. The second-order valence-electron chi connectivity index (χ2n) is 15.9. The van der Waals surface area contributed by atoms with Crippen LogP contribution < -0.4 is 0 Å². The monoisotopic (exact) mass is 738 g/mol. The Morgan fingerprint density at radius 3 is 1.53 bits per heavy atom. The maximum atomic E-state index is 2.49. The zero-order valence-electron chi connectivity index (χ0n) is 32.1. The Morgan fingerprint density at radius 1 is 0.310 bits per heavy atom. The van der Waals surface area contributed by atoms with Gasteiger partial charge in [-0.05, 0) is 124 Å². The van der Waals surface area contributed by atoms with E-state index < -0.39 is 0 Å². The van der Waals surface area contributed by atoms with E-state index in [9.17, 15) is 0 Å². The van der Waals surface area contributed by atoms with E-state index in [-0.39, 0.29) is 5.41 Å². The molecule has 2 heterocycles. The molecule has 0 saturated carbocycles. The fourth-order valence-corrected chi connectivity index (χ4v) is 9.98. The highest BCUT2D eigenvalue weighted by atomic mass is 15.0. The number of hydrogen-bond donors (Lipinski definition) is 0. The van der Waals surface area contributed by atoms with Crippen molar-refractivity contribution in [2.24, 2.45) is 0 Å². The maximum absolute atomic E-state index is 2.49. The first-order chi connectivity index (χ1) is 28.6. The topological polar surface area (TPSA) is 9.86 Å². The van der Waals surface area contributed by atoms with Gasteiger partial charge in [-0.3, -0.25) is 0 Å². The van der Waals surface area contributed by atoms with Gasteiger partial charge in [0.15, 0.2) is 0 Å². The van der Waals surface area contributed by atoms with Gasteiger partial charge in [-0.15, -0.1) is 0 Å². The van der Waals surface area contributed by atoms with Gasteiger partial charge in [0.1, 0.15) is 0 Å². The third-order valence-corrected chi connectivity index (χ3v) is 12.8. The van der Waals surface area contributed by atoms with E-state index in [1.165, 1.54) is 99.4 Å². The molecule has 2 nitrogen and oxygen atoms in total. The van der Waals surface area contributed by atoms with E-state index in [0.717, 1.165) is 5.69 Å². The van der Waals surface area contributed by atoms with Crippen LogP contribution in [0.3, 0.4) is 0 Å². The van der Waals surface area contributed by atoms with Crippen molar-refractivity contribution in [3.05, 3.63) is 229 Å². The van der Waals surface area contributed by atoms with Crippen LogP contribution in [-0.4, -0.2) is 9.13 Å². The second kappa shape index (κ2) is 12.5. The molecule has 11 aromatic rings. The molecule has 1 unspecified atom stereocenters. The molecule has 9 aromatic carbocycles. The molecule has 0 fully saturated rings. The fraction of sp³-hybridized carbons (Fsp3) is 0.0357. The molecule has 2 aromatic heterocycles. The van der Waals surface area contributed by atoms with Gasteiger partial charge in [0.25, 0.3) is 0 Å². The first-order valence-corrected chi connectivity index (χ1v) is 20.2. The van der Waals surface area contributed by atoms with Crippen LogP contribution in [0.2, 0.25) is 0 Å². The average molecular weight is 739 g/mol. The highest BCUT2D eigenvalue weighted by Crippen LogP contribution is 2.54. The summed E-state index contributed by atoms with van der Waals surface area (Å²) in [6.07, 6.45) is 0. The van der Waals surface area contributed by atoms with Crippen molar-refractivity contribution in [2.45, 2.75) is 12.3 Å². The number of nitrogens with zero attached hydrogens (tertiary/aromatic N) is 2. The number of benzene rings is 9. The van der Waals surface area contributed by atoms with E-state index in [4.69, 9.17) is 0 Å². The first kappa shape index (κ1) is 32.8. The predicted molar refractivity (Wildman–Crippen MR) is 243 cm³/mol. The molecule has 1 aliphatic rings. The fourth-order valence-electron chi connectivity index (χ4n) is 9.98. The van der Waals surface area contributed by atoms with Crippen molar-refractivity contribution in [2.75, 3.05) is 0 Å². The van der Waals surface area contributed by atoms with Crippen LogP contribution in [0.25, 0.3) is 88.4 Å². The predicted octanol–water partition coefficient (Wildman–Crippen LogP) is 14.5. The van der Waals surface area contributed by atoms with E-state index in [2.05, 4.69) is 228 Å². The molecule has 1 aliphatic carbocycles. The third kappa shape index (κ3) is 4.72. The van der Waals surface area contributed by atoms with Crippen LogP contribution in [0.15, 0.2) is 212 Å². The van der Waals surface area contributed by atoms with Gasteiger partial charge in [0.05, 0.1) is 22.1 Å². The summed E-state index contributed by atoms with van der Waals surface area (Å²) in [6, 6.07) is 78.3. The SMILES string of the molecule is CC1(c2ccccc2)c2ccccc2-c2cc3c4cc(-c5ccc6c(c5)c5ccccc5n6-c5ccccc5)ccc4n(-c4ccc(-c5ccccc5)cc4)c3cc21. The summed E-state index contributed by atoms with van der Waals surface area (Å²) in [5.74, 6) is 0. The van der Waals surface area contributed by atoms with Gasteiger partial charge in [-0.25, -0.2) is 0 Å². The van der Waals surface area contributed by atoms with E-state index in [1.807, 2.05) is 0 Å². The molecule has 0 spiro atoms. The lowest BCUT2D eigenvalue weighted by atomic mass is 9.74. The standard InChI is InChI=1S/C56H38N2/c1-56(41-17-7-3-8-18-41)50-23-13-11-21-44(50)46-35-49-48-34-40(39-27-31-53-47(33-39)45-22-12-14-24-52(45)57(53)42-19-9-4-10-20-42)28-32-54(48)58(55(49)36-51(46)56)43-29-25-38(26-30-43)37-15-5-2-6-16-37/h2-36H,1H3. The lowest BCUT2D eigenvalue weighted by Gasteiger charge is -2.28. The Morgan fingerprint density at radius 2 is 0.810 bits per heavy atom. The van der Waals surface area contributed by atoms with Crippen molar-refractivity contribution >= 4 is 43.6 Å². The number of para-hydroxylation sites is 2. The number of aromatic nitrogens is 2. The lowest BCUT2D eigenvalue weighted by Crippen LogP contribution is -2.22. The maximum Gasteiger partial charge on any atom is 0.0544 e. The van der Waals surface area contributed by atoms with Crippen molar-refractivity contribution in [3.8, 4) is 44.8 Å². The first-order valence-electron chi connectivity index (χ1n) is 20.2. The van der Waals surface area contributed by atoms with Crippen molar-refractivity contribution < 1.29 is 0 Å². The van der Waals surface area contributed by atoms with Crippen molar-refractivity contribution in [3.63, 3.8) is 0 Å². The average Bonchev–Trinajstić information content (AvgIpc) is 3.89. The Hall–Kier alpha value is -7.42. The van der Waals surface area contributed by atoms with Gasteiger partial charge in [-0.1, -0.05) is 146 Å². The molecule has 0 saturated heterocycles. The summed E-state index contributed by atoms with van der Waals surface area (Å²) in [6.45, 7) is 2.41. The molecule has 58 heavy (non-hydrogen) atoms. The van der Waals surface area contributed by atoms with Crippen LogP contribution in [0.5, 0.6) is 0 Å². The van der Waals surface area contributed by atoms with Crippen LogP contribution in [0, 0.1) is 0 Å². The van der Waals surface area contributed by atoms with Crippen LogP contribution in [-0.2, 0) is 5.41 Å². The minimum atomic E-state index is -0.292. The lowest BCUT2D eigenvalue weighted by molar-refractivity contribution is 0.714. The molecule has 0 bridgehead atoms. The van der Waals surface area contributed by atoms with Crippen molar-refractivity contribution in [1.82, 2.24) is 9.13 Å². The van der Waals surface area contributed by atoms with Gasteiger partial charge < -0.3 is 9.13 Å². The normalized spacial score (nSPS) is 14.7. The molecule has 2 heteroatoms. The molecular formula is C56H38N2. The smallest absolute Gasteiger partial charge is 0.0544 e. The summed E-state index contributed by atoms with van der Waals surface area (Å²) < 4.78 is 4.87. The Bertz CT molecular complexity index is 3370. The van der Waals surface area contributed by atoms with Crippen molar-refractivity contribution in [1.29, 1.82) is 0 Å². The Labute approximate surface area is 337 Å². The summed E-state index contributed by atoms with van der Waals surface area (Å²) in [4.78, 5) is 0. The highest BCUT2D eigenvalue weighted by molar-refractivity contribution is 6.14. The van der Waals surface area contributed by atoms with Gasteiger partial charge >= 0.3 is 0 Å². The third-order valence-electron chi connectivity index (χ3n) is 12.8. The molecule has 272 valence electrons. The largest absolute Gasteiger partial charge is 0.309 e. The summed E-state index contributed by atoms with van der Waals surface area (Å²) in [5.41, 5.74) is 18.4. The molecule has 0 aliphatic heterocycles. The zero-order chi connectivity index (χ0) is 38.4. The molecule has 0 amide bonds. The van der Waals surface area contributed by atoms with Gasteiger partial charge in [0.2, 0.25) is 0 Å². The molecule has 1 atom stereocenters. The Balaban J connectivity index is 1.10. The number of rotatable bonds is 5. The van der Waals surface area contributed by atoms with Crippen LogP contribution >= 0.6 is 0 Å².